The first kappa shape index (κ1) is 24.3. The molecule has 1 atom stereocenters. The number of sulfonamides is 1. The zero-order valence-corrected chi connectivity index (χ0v) is 20.3. The van der Waals surface area contributed by atoms with E-state index in [0.29, 0.717) is 18.8 Å². The van der Waals surface area contributed by atoms with E-state index in [4.69, 9.17) is 4.74 Å². The maximum atomic E-state index is 12.9. The SMILES string of the molecule is Cc1cc(C)c([C@H](C)NC(=O)COc2ccc(S(=O)(=O)N3CCCCCC3)cc2)cc1C. The summed E-state index contributed by atoms with van der Waals surface area (Å²) < 4.78 is 32.9. The van der Waals surface area contributed by atoms with Gasteiger partial charge in [-0.05, 0) is 87.1 Å². The quantitative estimate of drug-likeness (QED) is 0.666. The largest absolute Gasteiger partial charge is 0.484 e. The Bertz CT molecular complexity index is 1040. The van der Waals surface area contributed by atoms with E-state index in [0.717, 1.165) is 36.8 Å². The molecule has 0 aliphatic carbocycles. The number of rotatable bonds is 7. The molecule has 6 nitrogen and oxygen atoms in total. The molecule has 0 radical (unpaired) electrons. The number of nitrogens with one attached hydrogen (secondary N) is 1. The van der Waals surface area contributed by atoms with Crippen LogP contribution in [-0.4, -0.2) is 38.3 Å². The van der Waals surface area contributed by atoms with Crippen LogP contribution in [-0.2, 0) is 14.8 Å². The van der Waals surface area contributed by atoms with Crippen molar-refractivity contribution in [1.82, 2.24) is 9.62 Å². The molecule has 0 saturated carbocycles. The number of benzene rings is 2. The number of hydrogen-bond donors (Lipinski definition) is 1. The molecular formula is C25H34N2O4S. The van der Waals surface area contributed by atoms with Crippen LogP contribution in [0.2, 0.25) is 0 Å². The van der Waals surface area contributed by atoms with Crippen LogP contribution in [0.1, 0.15) is 60.9 Å². The van der Waals surface area contributed by atoms with Gasteiger partial charge in [-0.2, -0.15) is 4.31 Å². The summed E-state index contributed by atoms with van der Waals surface area (Å²) in [7, 11) is -3.49. The van der Waals surface area contributed by atoms with Crippen LogP contribution >= 0.6 is 0 Å². The van der Waals surface area contributed by atoms with Gasteiger partial charge in [0.2, 0.25) is 10.0 Å². The van der Waals surface area contributed by atoms with Crippen molar-refractivity contribution in [3.63, 3.8) is 0 Å². The number of amides is 1. The van der Waals surface area contributed by atoms with Gasteiger partial charge < -0.3 is 10.1 Å². The van der Waals surface area contributed by atoms with Crippen molar-refractivity contribution in [2.75, 3.05) is 19.7 Å². The van der Waals surface area contributed by atoms with E-state index >= 15 is 0 Å². The van der Waals surface area contributed by atoms with Gasteiger partial charge in [0.15, 0.2) is 6.61 Å². The standard InChI is InChI=1S/C25H34N2O4S/c1-18-15-20(3)24(16-19(18)2)21(4)26-25(28)17-31-22-9-11-23(12-10-22)32(29,30)27-13-7-5-6-8-14-27/h9-12,15-16,21H,5-8,13-14,17H2,1-4H3,(H,26,28)/t21-/m0/s1. The summed E-state index contributed by atoms with van der Waals surface area (Å²) in [4.78, 5) is 12.6. The maximum absolute atomic E-state index is 12.9. The molecule has 0 unspecified atom stereocenters. The Morgan fingerprint density at radius 3 is 2.19 bits per heavy atom. The fourth-order valence-electron chi connectivity index (χ4n) is 4.10. The molecule has 1 amide bonds. The smallest absolute Gasteiger partial charge is 0.258 e. The second-order valence-corrected chi connectivity index (χ2v) is 10.6. The normalized spacial score (nSPS) is 16.2. The first-order chi connectivity index (χ1) is 15.2. The van der Waals surface area contributed by atoms with Crippen molar-refractivity contribution in [1.29, 1.82) is 0 Å². The van der Waals surface area contributed by atoms with E-state index in [1.807, 2.05) is 13.8 Å². The fraction of sp³-hybridized carbons (Fsp3) is 0.480. The van der Waals surface area contributed by atoms with Crippen molar-refractivity contribution in [2.45, 2.75) is 64.3 Å². The van der Waals surface area contributed by atoms with Crippen LogP contribution in [0.3, 0.4) is 0 Å². The summed E-state index contributed by atoms with van der Waals surface area (Å²) in [6.07, 6.45) is 3.94. The third-order valence-electron chi connectivity index (χ3n) is 6.12. The van der Waals surface area contributed by atoms with Gasteiger partial charge >= 0.3 is 0 Å². The van der Waals surface area contributed by atoms with Crippen molar-refractivity contribution in [2.24, 2.45) is 0 Å². The average molecular weight is 459 g/mol. The van der Waals surface area contributed by atoms with Gasteiger partial charge in [-0.25, -0.2) is 8.42 Å². The van der Waals surface area contributed by atoms with Crippen molar-refractivity contribution in [3.8, 4) is 5.75 Å². The topological polar surface area (TPSA) is 75.7 Å². The summed E-state index contributed by atoms with van der Waals surface area (Å²) in [5, 5.41) is 2.97. The number of carbonyl (C=O) groups excluding carboxylic acids is 1. The molecule has 2 aromatic rings. The lowest BCUT2D eigenvalue weighted by Crippen LogP contribution is -2.32. The minimum atomic E-state index is -3.49. The molecule has 1 N–H and O–H groups in total. The van der Waals surface area contributed by atoms with Gasteiger partial charge in [-0.15, -0.1) is 0 Å². The van der Waals surface area contributed by atoms with Crippen LogP contribution in [0.25, 0.3) is 0 Å². The predicted octanol–water partition coefficient (Wildman–Crippen LogP) is 4.43. The second kappa shape index (κ2) is 10.5. The zero-order chi connectivity index (χ0) is 23.3. The highest BCUT2D eigenvalue weighted by Crippen LogP contribution is 2.23. The Labute approximate surface area is 192 Å². The molecular weight excluding hydrogens is 424 g/mol. The maximum Gasteiger partial charge on any atom is 0.258 e. The van der Waals surface area contributed by atoms with Crippen LogP contribution in [0.5, 0.6) is 5.75 Å². The highest BCUT2D eigenvalue weighted by atomic mass is 32.2. The number of hydrogen-bond acceptors (Lipinski definition) is 4. The zero-order valence-electron chi connectivity index (χ0n) is 19.5. The predicted molar refractivity (Wildman–Crippen MR) is 126 cm³/mol. The third-order valence-corrected chi connectivity index (χ3v) is 8.04. The molecule has 1 heterocycles. The molecule has 7 heteroatoms. The lowest BCUT2D eigenvalue weighted by Gasteiger charge is -2.20. The van der Waals surface area contributed by atoms with Crippen LogP contribution < -0.4 is 10.1 Å². The Kier molecular flexibility index (Phi) is 7.96. The second-order valence-electron chi connectivity index (χ2n) is 8.66. The lowest BCUT2D eigenvalue weighted by atomic mass is 9.96. The highest BCUT2D eigenvalue weighted by Gasteiger charge is 2.25. The summed E-state index contributed by atoms with van der Waals surface area (Å²) in [6, 6.07) is 10.4. The van der Waals surface area contributed by atoms with Gasteiger partial charge in [0, 0.05) is 13.1 Å². The first-order valence-electron chi connectivity index (χ1n) is 11.3. The average Bonchev–Trinajstić information content (AvgIpc) is 3.05. The third kappa shape index (κ3) is 5.90. The summed E-state index contributed by atoms with van der Waals surface area (Å²) >= 11 is 0. The van der Waals surface area contributed by atoms with Crippen LogP contribution in [0.4, 0.5) is 0 Å². The van der Waals surface area contributed by atoms with Gasteiger partial charge in [-0.1, -0.05) is 25.0 Å². The number of aryl methyl sites for hydroxylation is 3. The molecule has 0 bridgehead atoms. The molecule has 1 fully saturated rings. The van der Waals surface area contributed by atoms with Crippen LogP contribution in [0.15, 0.2) is 41.3 Å². The molecule has 174 valence electrons. The van der Waals surface area contributed by atoms with E-state index in [-0.39, 0.29) is 23.5 Å². The van der Waals surface area contributed by atoms with E-state index in [9.17, 15) is 13.2 Å². The van der Waals surface area contributed by atoms with Gasteiger partial charge in [0.25, 0.3) is 5.91 Å². The number of nitrogens with zero attached hydrogens (tertiary/aromatic N) is 1. The molecule has 0 spiro atoms. The molecule has 2 aromatic carbocycles. The van der Waals surface area contributed by atoms with Gasteiger partial charge in [0.1, 0.15) is 5.75 Å². The molecule has 1 aliphatic heterocycles. The van der Waals surface area contributed by atoms with Crippen molar-refractivity contribution >= 4 is 15.9 Å². The first-order valence-corrected chi connectivity index (χ1v) is 12.7. The Balaban J connectivity index is 1.57. The summed E-state index contributed by atoms with van der Waals surface area (Å²) in [5.41, 5.74) is 4.65. The highest BCUT2D eigenvalue weighted by molar-refractivity contribution is 7.89. The number of carbonyl (C=O) groups is 1. The summed E-state index contributed by atoms with van der Waals surface area (Å²) in [5.74, 6) is 0.237. The molecule has 3 rings (SSSR count). The Morgan fingerprint density at radius 1 is 0.969 bits per heavy atom. The Hall–Kier alpha value is -2.38. The molecule has 32 heavy (non-hydrogen) atoms. The molecule has 1 aliphatic rings. The van der Waals surface area contributed by atoms with E-state index in [2.05, 4.69) is 31.3 Å². The lowest BCUT2D eigenvalue weighted by molar-refractivity contribution is -0.123. The number of ether oxygens (including phenoxy) is 1. The van der Waals surface area contributed by atoms with Gasteiger partial charge in [0.05, 0.1) is 10.9 Å². The van der Waals surface area contributed by atoms with E-state index in [1.165, 1.54) is 11.1 Å². The summed E-state index contributed by atoms with van der Waals surface area (Å²) in [6.45, 7) is 9.14. The fourth-order valence-corrected chi connectivity index (χ4v) is 5.62. The van der Waals surface area contributed by atoms with Crippen LogP contribution in [0, 0.1) is 20.8 Å². The van der Waals surface area contributed by atoms with Crippen molar-refractivity contribution < 1.29 is 17.9 Å². The minimum Gasteiger partial charge on any atom is -0.484 e. The molecule has 1 saturated heterocycles. The van der Waals surface area contributed by atoms with E-state index < -0.39 is 10.0 Å². The van der Waals surface area contributed by atoms with E-state index in [1.54, 1.807) is 28.6 Å². The van der Waals surface area contributed by atoms with Gasteiger partial charge in [-0.3, -0.25) is 4.79 Å². The van der Waals surface area contributed by atoms with Crippen molar-refractivity contribution in [3.05, 3.63) is 58.7 Å². The minimum absolute atomic E-state index is 0.132. The monoisotopic (exact) mass is 458 g/mol. The Morgan fingerprint density at radius 2 is 1.56 bits per heavy atom. The molecule has 0 aromatic heterocycles.